The first-order chi connectivity index (χ1) is 15.4. The van der Waals surface area contributed by atoms with Crippen LogP contribution in [0.1, 0.15) is 25.0 Å². The molecule has 1 aliphatic heterocycles. The van der Waals surface area contributed by atoms with Gasteiger partial charge in [0.25, 0.3) is 0 Å². The summed E-state index contributed by atoms with van der Waals surface area (Å²) in [6.07, 6.45) is 3.82. The van der Waals surface area contributed by atoms with Gasteiger partial charge in [0.15, 0.2) is 5.78 Å². The van der Waals surface area contributed by atoms with E-state index in [1.54, 1.807) is 28.4 Å². The number of benzene rings is 2. The SMILES string of the molecule is COc1ccc(/C=C2\CN(C(C)C)C/C(=C\c3ccc(OC)cc3OC)C2=O)c(OC)c1. The van der Waals surface area contributed by atoms with Gasteiger partial charge in [-0.3, -0.25) is 9.69 Å². The van der Waals surface area contributed by atoms with Crippen LogP contribution in [-0.4, -0.2) is 58.3 Å². The van der Waals surface area contributed by atoms with Crippen molar-refractivity contribution in [2.75, 3.05) is 41.5 Å². The van der Waals surface area contributed by atoms with E-state index >= 15 is 0 Å². The fourth-order valence-electron chi connectivity index (χ4n) is 3.68. The first-order valence-electron chi connectivity index (χ1n) is 10.5. The summed E-state index contributed by atoms with van der Waals surface area (Å²) in [6.45, 7) is 5.41. The van der Waals surface area contributed by atoms with Gasteiger partial charge < -0.3 is 18.9 Å². The predicted molar refractivity (Wildman–Crippen MR) is 127 cm³/mol. The van der Waals surface area contributed by atoms with Crippen molar-refractivity contribution in [3.63, 3.8) is 0 Å². The summed E-state index contributed by atoms with van der Waals surface area (Å²) < 4.78 is 21.6. The third-order valence-electron chi connectivity index (χ3n) is 5.60. The van der Waals surface area contributed by atoms with E-state index in [4.69, 9.17) is 18.9 Å². The molecule has 0 bridgehead atoms. The van der Waals surface area contributed by atoms with Crippen molar-refractivity contribution in [3.8, 4) is 23.0 Å². The summed E-state index contributed by atoms with van der Waals surface area (Å²) in [5, 5.41) is 0. The second-order valence-corrected chi connectivity index (χ2v) is 7.88. The van der Waals surface area contributed by atoms with Crippen LogP contribution < -0.4 is 18.9 Å². The van der Waals surface area contributed by atoms with Gasteiger partial charge in [0, 0.05) is 53.5 Å². The molecule has 2 aromatic carbocycles. The fraction of sp³-hybridized carbons (Fsp3) is 0.346. The van der Waals surface area contributed by atoms with Crippen LogP contribution >= 0.6 is 0 Å². The molecule has 1 fully saturated rings. The van der Waals surface area contributed by atoms with Crippen LogP contribution in [0.3, 0.4) is 0 Å². The Hall–Kier alpha value is -3.25. The molecule has 0 aromatic heterocycles. The highest BCUT2D eigenvalue weighted by Gasteiger charge is 2.28. The van der Waals surface area contributed by atoms with Crippen LogP contribution in [0.4, 0.5) is 0 Å². The number of ether oxygens (including phenoxy) is 4. The zero-order valence-electron chi connectivity index (χ0n) is 19.6. The summed E-state index contributed by atoms with van der Waals surface area (Å²) >= 11 is 0. The van der Waals surface area contributed by atoms with E-state index in [2.05, 4.69) is 18.7 Å². The van der Waals surface area contributed by atoms with Crippen LogP contribution in [0.5, 0.6) is 23.0 Å². The van der Waals surface area contributed by atoms with Gasteiger partial charge in [-0.15, -0.1) is 0 Å². The van der Waals surface area contributed by atoms with E-state index < -0.39 is 0 Å². The number of Topliss-reactive ketones (excluding diaryl/α,β-unsaturated/α-hetero) is 1. The van der Waals surface area contributed by atoms with Gasteiger partial charge in [-0.25, -0.2) is 0 Å². The maximum atomic E-state index is 13.5. The second-order valence-electron chi connectivity index (χ2n) is 7.88. The molecule has 0 aliphatic carbocycles. The van der Waals surface area contributed by atoms with Gasteiger partial charge in [0.05, 0.1) is 28.4 Å². The number of methoxy groups -OCH3 is 4. The van der Waals surface area contributed by atoms with Crippen molar-refractivity contribution >= 4 is 17.9 Å². The van der Waals surface area contributed by atoms with Crippen molar-refractivity contribution in [3.05, 3.63) is 58.7 Å². The first kappa shape index (κ1) is 23.4. The Kier molecular flexibility index (Phi) is 7.59. The number of hydrogen-bond acceptors (Lipinski definition) is 6. The molecule has 0 amide bonds. The average Bonchev–Trinajstić information content (AvgIpc) is 2.81. The number of piperidine rings is 1. The Morgan fingerprint density at radius 3 is 1.53 bits per heavy atom. The van der Waals surface area contributed by atoms with Crippen molar-refractivity contribution in [1.29, 1.82) is 0 Å². The molecular formula is C26H31NO5. The van der Waals surface area contributed by atoms with Gasteiger partial charge in [-0.2, -0.15) is 0 Å². The first-order valence-corrected chi connectivity index (χ1v) is 10.5. The van der Waals surface area contributed by atoms with Crippen LogP contribution in [0, 0.1) is 0 Å². The normalized spacial score (nSPS) is 17.2. The van der Waals surface area contributed by atoms with E-state index in [9.17, 15) is 4.79 Å². The average molecular weight is 438 g/mol. The molecule has 170 valence electrons. The molecule has 0 atom stereocenters. The lowest BCUT2D eigenvalue weighted by atomic mass is 9.93. The Bertz CT molecular complexity index is 961. The lowest BCUT2D eigenvalue weighted by Gasteiger charge is -2.33. The lowest BCUT2D eigenvalue weighted by molar-refractivity contribution is -0.113. The highest BCUT2D eigenvalue weighted by molar-refractivity contribution is 6.14. The summed E-state index contributed by atoms with van der Waals surface area (Å²) in [6, 6.07) is 11.5. The van der Waals surface area contributed by atoms with Crippen LogP contribution in [0.25, 0.3) is 12.2 Å². The predicted octanol–water partition coefficient (Wildman–Crippen LogP) is 4.48. The summed E-state index contributed by atoms with van der Waals surface area (Å²) in [4.78, 5) is 15.7. The molecule has 6 nitrogen and oxygen atoms in total. The highest BCUT2D eigenvalue weighted by atomic mass is 16.5. The minimum absolute atomic E-state index is 0.0256. The molecule has 0 spiro atoms. The highest BCUT2D eigenvalue weighted by Crippen LogP contribution is 2.31. The molecule has 0 unspecified atom stereocenters. The van der Waals surface area contributed by atoms with E-state index in [1.807, 2.05) is 48.6 Å². The van der Waals surface area contributed by atoms with E-state index in [0.29, 0.717) is 47.2 Å². The minimum Gasteiger partial charge on any atom is -0.497 e. The molecular weight excluding hydrogens is 406 g/mol. The van der Waals surface area contributed by atoms with Gasteiger partial charge in [0.2, 0.25) is 0 Å². The molecule has 0 radical (unpaired) electrons. The van der Waals surface area contributed by atoms with Gasteiger partial charge >= 0.3 is 0 Å². The number of carbonyl (C=O) groups excluding carboxylic acids is 1. The Morgan fingerprint density at radius 2 is 1.19 bits per heavy atom. The van der Waals surface area contributed by atoms with Crippen LogP contribution in [0.2, 0.25) is 0 Å². The monoisotopic (exact) mass is 437 g/mol. The van der Waals surface area contributed by atoms with E-state index in [0.717, 1.165) is 11.1 Å². The maximum Gasteiger partial charge on any atom is 0.187 e. The van der Waals surface area contributed by atoms with Gasteiger partial charge in [-0.05, 0) is 50.3 Å². The molecule has 2 aromatic rings. The Morgan fingerprint density at radius 1 is 0.750 bits per heavy atom. The topological polar surface area (TPSA) is 57.2 Å². The minimum atomic E-state index is 0.0256. The number of rotatable bonds is 7. The van der Waals surface area contributed by atoms with Crippen molar-refractivity contribution in [2.45, 2.75) is 19.9 Å². The van der Waals surface area contributed by atoms with Crippen LogP contribution in [0.15, 0.2) is 47.5 Å². The third kappa shape index (κ3) is 5.14. The largest absolute Gasteiger partial charge is 0.497 e. The molecule has 1 heterocycles. The van der Waals surface area contributed by atoms with Gasteiger partial charge in [0.1, 0.15) is 23.0 Å². The maximum absolute atomic E-state index is 13.5. The summed E-state index contributed by atoms with van der Waals surface area (Å²) in [5.41, 5.74) is 3.10. The van der Waals surface area contributed by atoms with Crippen molar-refractivity contribution < 1.29 is 23.7 Å². The second kappa shape index (κ2) is 10.4. The third-order valence-corrected chi connectivity index (χ3v) is 5.60. The number of carbonyl (C=O) groups is 1. The number of hydrogen-bond donors (Lipinski definition) is 0. The lowest BCUT2D eigenvalue weighted by Crippen LogP contribution is -2.41. The molecule has 1 aliphatic rings. The Labute approximate surface area is 190 Å². The molecule has 32 heavy (non-hydrogen) atoms. The van der Waals surface area contributed by atoms with Gasteiger partial charge in [-0.1, -0.05) is 0 Å². The molecule has 0 N–H and O–H groups in total. The molecule has 1 saturated heterocycles. The van der Waals surface area contributed by atoms with Crippen molar-refractivity contribution in [2.24, 2.45) is 0 Å². The van der Waals surface area contributed by atoms with E-state index in [1.165, 1.54) is 0 Å². The molecule has 3 rings (SSSR count). The van der Waals surface area contributed by atoms with Crippen molar-refractivity contribution in [1.82, 2.24) is 4.90 Å². The molecule has 0 saturated carbocycles. The van der Waals surface area contributed by atoms with Crippen LogP contribution in [-0.2, 0) is 4.79 Å². The number of nitrogens with zero attached hydrogens (tertiary/aromatic N) is 1. The summed E-state index contributed by atoms with van der Waals surface area (Å²) in [5.74, 6) is 2.75. The fourth-order valence-corrected chi connectivity index (χ4v) is 3.68. The quantitative estimate of drug-likeness (QED) is 0.596. The number of likely N-dealkylation sites (tertiary alicyclic amines) is 1. The zero-order chi connectivity index (χ0) is 23.3. The zero-order valence-corrected chi connectivity index (χ0v) is 19.6. The number of ketones is 1. The van der Waals surface area contributed by atoms with E-state index in [-0.39, 0.29) is 11.8 Å². The Balaban J connectivity index is 2.04. The standard InChI is InChI=1S/C26H31NO5/c1-17(2)27-15-20(11-18-7-9-22(29-3)13-24(18)31-5)26(28)21(16-27)12-19-8-10-23(30-4)14-25(19)32-6/h7-14,17H,15-16H2,1-6H3/b20-11+,21-12+. The summed E-state index contributed by atoms with van der Waals surface area (Å²) in [7, 11) is 6.45. The molecule has 6 heteroatoms. The smallest absolute Gasteiger partial charge is 0.187 e.